The molecule has 0 amide bonds. The number of hydrogen-bond donors (Lipinski definition) is 0. The molecule has 0 aromatic carbocycles. The summed E-state index contributed by atoms with van der Waals surface area (Å²) >= 11 is 0. The summed E-state index contributed by atoms with van der Waals surface area (Å²) in [6.45, 7) is 0. The molecular weight excluding hydrogens is 898 g/mol. The van der Waals surface area contributed by atoms with Gasteiger partial charge in [0, 0.05) is 35.8 Å². The van der Waals surface area contributed by atoms with Crippen LogP contribution in [0.5, 0.6) is 0 Å². The molecule has 0 bridgehead atoms. The van der Waals surface area contributed by atoms with E-state index in [4.69, 9.17) is 0 Å². The van der Waals surface area contributed by atoms with Crippen LogP contribution in [-0.4, -0.2) is 88.2 Å². The van der Waals surface area contributed by atoms with E-state index < -0.39 is 35.8 Å². The van der Waals surface area contributed by atoms with Crippen LogP contribution in [0.2, 0.25) is 0 Å². The van der Waals surface area contributed by atoms with Crippen molar-refractivity contribution in [3.8, 4) is 0 Å². The van der Waals surface area contributed by atoms with Crippen LogP contribution in [-0.2, 0) is 28.8 Å². The Kier molecular flexibility index (Phi) is 43.5. The number of carbonyl (C=O) groups is 6. The topological polar surface area (TPSA) is 241 Å². The van der Waals surface area contributed by atoms with E-state index in [1.807, 2.05) is 0 Å². The monoisotopic (exact) mass is 934 g/mol. The van der Waals surface area contributed by atoms with Crippen molar-refractivity contribution in [1.82, 2.24) is 0 Å². The zero-order valence-corrected chi connectivity index (χ0v) is 28.5. The fourth-order valence-electron chi connectivity index (χ4n) is 2.68. The minimum Gasteiger partial charge on any atom is -0.550 e. The predicted molar refractivity (Wildman–Crippen MR) is 125 cm³/mol. The molecule has 0 unspecified atom stereocenters. The first-order valence-corrected chi connectivity index (χ1v) is 12.1. The minimum atomic E-state index is -1.05. The molecule has 0 atom stereocenters. The van der Waals surface area contributed by atoms with Crippen molar-refractivity contribution in [1.29, 1.82) is 0 Å². The Labute approximate surface area is 261 Å². The molecule has 0 aliphatic heterocycles. The van der Waals surface area contributed by atoms with Gasteiger partial charge in [0.25, 0.3) is 0 Å². The van der Waals surface area contributed by atoms with E-state index in [1.165, 1.54) is 0 Å². The van der Waals surface area contributed by atoms with Crippen LogP contribution in [0.3, 0.4) is 0 Å². The smallest absolute Gasteiger partial charge is 0.550 e. The average Bonchev–Trinajstić information content (AvgIpc) is 2.75. The molecule has 0 N–H and O–H groups in total. The Balaban J connectivity index is -0.000000140. The predicted octanol–water partition coefficient (Wildman–Crippen LogP) is -4.28. The molecule has 38 heavy (non-hydrogen) atoms. The Morgan fingerprint density at radius 1 is 0.263 bits per heavy atom. The minimum absolute atomic E-state index is 0. The molecular formula is C24H36Bi2O12. The molecule has 0 fully saturated rings. The molecule has 0 aliphatic rings. The maximum Gasteiger partial charge on any atom is 3.00 e. The van der Waals surface area contributed by atoms with Crippen molar-refractivity contribution < 1.29 is 59.4 Å². The average molecular weight is 935 g/mol. The third-order valence-electron chi connectivity index (χ3n) is 4.54. The first kappa shape index (κ1) is 46.4. The van der Waals surface area contributed by atoms with Gasteiger partial charge < -0.3 is 59.4 Å². The van der Waals surface area contributed by atoms with Gasteiger partial charge in [-0.25, -0.2) is 0 Å². The van der Waals surface area contributed by atoms with E-state index in [0.29, 0.717) is 38.5 Å². The normalized spacial score (nSPS) is 9.16. The van der Waals surface area contributed by atoms with E-state index in [1.54, 1.807) is 0 Å². The number of carboxylic acids is 6. The molecule has 14 heteroatoms. The molecule has 4 radical (unpaired) electrons. The summed E-state index contributed by atoms with van der Waals surface area (Å²) in [5.41, 5.74) is 0. The second-order valence-electron chi connectivity index (χ2n) is 7.97. The largest absolute Gasteiger partial charge is 3.00 e. The maximum atomic E-state index is 9.92. The van der Waals surface area contributed by atoms with Gasteiger partial charge >= 0.3 is 52.4 Å². The zero-order valence-electron chi connectivity index (χ0n) is 21.5. The fraction of sp³-hybridized carbons (Fsp3) is 0.750. The number of carboxylic acid groups (broad SMARTS) is 6. The van der Waals surface area contributed by atoms with Crippen LogP contribution in [0.25, 0.3) is 0 Å². The molecule has 0 rings (SSSR count). The molecule has 0 saturated carbocycles. The van der Waals surface area contributed by atoms with Crippen LogP contribution in [0, 0.1) is 0 Å². The van der Waals surface area contributed by atoms with Gasteiger partial charge in [-0.15, -0.1) is 0 Å². The Hall–Kier alpha value is -1.41. The van der Waals surface area contributed by atoms with E-state index in [2.05, 4.69) is 0 Å². The first-order chi connectivity index (χ1) is 16.9. The van der Waals surface area contributed by atoms with Gasteiger partial charge in [0.05, 0.1) is 0 Å². The Morgan fingerprint density at radius 3 is 0.447 bits per heavy atom. The van der Waals surface area contributed by atoms with E-state index in [-0.39, 0.29) is 90.9 Å². The van der Waals surface area contributed by atoms with Gasteiger partial charge in [-0.05, 0) is 77.0 Å². The van der Waals surface area contributed by atoms with Gasteiger partial charge in [-0.1, -0.05) is 38.5 Å². The Bertz CT molecular complexity index is 502. The van der Waals surface area contributed by atoms with Crippen molar-refractivity contribution in [2.45, 2.75) is 116 Å². The number of hydrogen-bond acceptors (Lipinski definition) is 12. The van der Waals surface area contributed by atoms with Crippen molar-refractivity contribution in [3.05, 3.63) is 0 Å². The molecule has 0 aliphatic carbocycles. The zero-order chi connectivity index (χ0) is 28.2. The second-order valence-corrected chi connectivity index (χ2v) is 7.97. The van der Waals surface area contributed by atoms with Crippen LogP contribution >= 0.6 is 0 Å². The number of unbranched alkanes of at least 4 members (excludes halogenated alkanes) is 9. The number of rotatable bonds is 21. The van der Waals surface area contributed by atoms with Gasteiger partial charge in [0.2, 0.25) is 0 Å². The summed E-state index contributed by atoms with van der Waals surface area (Å²) in [5.74, 6) is -6.28. The van der Waals surface area contributed by atoms with E-state index >= 15 is 0 Å². The van der Waals surface area contributed by atoms with Gasteiger partial charge in [0.1, 0.15) is 0 Å². The van der Waals surface area contributed by atoms with Crippen molar-refractivity contribution in [2.75, 3.05) is 0 Å². The number of carbonyl (C=O) groups excluding carboxylic acids is 6. The van der Waals surface area contributed by atoms with Crippen LogP contribution in [0.4, 0.5) is 0 Å². The quantitative estimate of drug-likeness (QED) is 0.0786. The maximum absolute atomic E-state index is 9.92. The van der Waals surface area contributed by atoms with Gasteiger partial charge in [0.15, 0.2) is 0 Å². The van der Waals surface area contributed by atoms with Crippen LogP contribution in [0.1, 0.15) is 116 Å². The molecule has 0 spiro atoms. The van der Waals surface area contributed by atoms with E-state index in [9.17, 15) is 59.4 Å². The SMILES string of the molecule is O=C([O-])CCCCCCC(=O)[O-].O=C([O-])CCCCCCC(=O)[O-].O=C([O-])CCCCCCC(=O)[O-].[Bi+3].[Bi+3]. The summed E-state index contributed by atoms with van der Waals surface area (Å²) in [4.78, 5) is 59.5. The van der Waals surface area contributed by atoms with Crippen molar-refractivity contribution >= 4 is 88.2 Å². The molecule has 0 aromatic heterocycles. The third-order valence-corrected chi connectivity index (χ3v) is 4.54. The van der Waals surface area contributed by atoms with E-state index in [0.717, 1.165) is 38.5 Å². The van der Waals surface area contributed by atoms with Crippen LogP contribution < -0.4 is 30.6 Å². The molecule has 0 heterocycles. The number of aliphatic carboxylic acids is 6. The standard InChI is InChI=1S/3C8H14O4.2Bi/c3*9-7(10)5-3-1-2-4-6-8(11)12;;/h3*1-6H2,(H,9,10)(H,11,12);;/q;;;2*+3/p-6. The van der Waals surface area contributed by atoms with Gasteiger partial charge in [-0.3, -0.25) is 0 Å². The molecule has 12 nitrogen and oxygen atoms in total. The fourth-order valence-corrected chi connectivity index (χ4v) is 2.68. The van der Waals surface area contributed by atoms with Crippen molar-refractivity contribution in [3.63, 3.8) is 0 Å². The van der Waals surface area contributed by atoms with Gasteiger partial charge in [-0.2, -0.15) is 0 Å². The molecule has 214 valence electrons. The summed E-state index contributed by atoms with van der Waals surface area (Å²) in [6.07, 6.45) is 8.18. The molecule has 0 aromatic rings. The molecule has 0 saturated heterocycles. The summed E-state index contributed by atoms with van der Waals surface area (Å²) in [5, 5.41) is 59.5. The summed E-state index contributed by atoms with van der Waals surface area (Å²) in [7, 11) is 0. The second kappa shape index (κ2) is 35.6. The summed E-state index contributed by atoms with van der Waals surface area (Å²) < 4.78 is 0. The van der Waals surface area contributed by atoms with Crippen LogP contribution in [0.15, 0.2) is 0 Å². The Morgan fingerprint density at radius 2 is 0.368 bits per heavy atom. The van der Waals surface area contributed by atoms with Crippen molar-refractivity contribution in [2.24, 2.45) is 0 Å². The summed E-state index contributed by atoms with van der Waals surface area (Å²) in [6, 6.07) is 0. The first-order valence-electron chi connectivity index (χ1n) is 12.1. The third kappa shape index (κ3) is 59.6.